The Balaban J connectivity index is 0.000000333. The highest BCUT2D eigenvalue weighted by Gasteiger charge is 2.43. The highest BCUT2D eigenvalue weighted by Crippen LogP contribution is 2.27. The largest absolute Gasteiger partial charge is 0.481 e. The van der Waals surface area contributed by atoms with Gasteiger partial charge in [-0.15, -0.1) is 0 Å². The van der Waals surface area contributed by atoms with Crippen LogP contribution in [0.1, 0.15) is 19.1 Å². The van der Waals surface area contributed by atoms with Gasteiger partial charge in [0.05, 0.1) is 19.4 Å². The monoisotopic (exact) mass is 362 g/mol. The number of aliphatic hydroxyl groups excluding tert-OH is 3. The number of carboxylic acid groups (broad SMARTS) is 2. The zero-order valence-electron chi connectivity index (χ0n) is 12.8. The molecule has 25 heavy (non-hydrogen) atoms. The van der Waals surface area contributed by atoms with Crippen LogP contribution in [0.5, 0.6) is 0 Å². The number of aromatic amines is 1. The lowest BCUT2D eigenvalue weighted by molar-refractivity contribution is -0.143. The van der Waals surface area contributed by atoms with Crippen LogP contribution in [0, 0.1) is 0 Å². The number of ether oxygens (including phenoxy) is 1. The van der Waals surface area contributed by atoms with Crippen LogP contribution in [-0.4, -0.2) is 71.9 Å². The third-order valence-corrected chi connectivity index (χ3v) is 3.20. The van der Waals surface area contributed by atoms with E-state index in [2.05, 4.69) is 0 Å². The lowest BCUT2D eigenvalue weighted by Crippen LogP contribution is -2.37. The lowest BCUT2D eigenvalue weighted by atomic mass is 10.1. The third kappa shape index (κ3) is 5.79. The summed E-state index contributed by atoms with van der Waals surface area (Å²) < 4.78 is 6.08. The molecule has 1 aromatic heterocycles. The lowest BCUT2D eigenvalue weighted by Gasteiger charge is -2.16. The predicted molar refractivity (Wildman–Crippen MR) is 78.8 cm³/mol. The smallest absolute Gasteiger partial charge is 0.330 e. The second kappa shape index (κ2) is 9.08. The molecule has 0 amide bonds. The van der Waals surface area contributed by atoms with Gasteiger partial charge in [-0.3, -0.25) is 23.9 Å². The van der Waals surface area contributed by atoms with E-state index in [1.165, 1.54) is 0 Å². The highest BCUT2D eigenvalue weighted by molar-refractivity contribution is 5.75. The van der Waals surface area contributed by atoms with Crippen molar-refractivity contribution >= 4 is 11.9 Å². The first-order valence-electron chi connectivity index (χ1n) is 7.05. The van der Waals surface area contributed by atoms with Crippen LogP contribution in [0.25, 0.3) is 0 Å². The van der Waals surface area contributed by atoms with E-state index in [0.29, 0.717) is 0 Å². The molecule has 0 radical (unpaired) electrons. The second-order valence-corrected chi connectivity index (χ2v) is 5.03. The van der Waals surface area contributed by atoms with Crippen LogP contribution in [0.3, 0.4) is 0 Å². The number of aromatic nitrogens is 2. The van der Waals surface area contributed by atoms with Crippen molar-refractivity contribution in [3.8, 4) is 0 Å². The molecular formula is C13H18N2O10. The number of nitrogens with zero attached hydrogens (tertiary/aromatic N) is 1. The van der Waals surface area contributed by atoms with Crippen molar-refractivity contribution in [3.63, 3.8) is 0 Å². The minimum absolute atomic E-state index is 0.296. The standard InChI is InChI=1S/C9H12N2O6.C4H6O4/c12-3-4-6(14)7(15)8(17-4)11-2-1-5(13)10-9(11)16;5-3(6)1-2-4(7)8/h1-2,4,6-8,12,14-15H,3H2,(H,10,13,16);1-2H2,(H,5,6)(H,7,8)/t4-,6-,7-,8-;/m1./s1. The first kappa shape index (κ1) is 20.5. The van der Waals surface area contributed by atoms with Gasteiger partial charge in [0.1, 0.15) is 18.3 Å². The molecule has 1 fully saturated rings. The highest BCUT2D eigenvalue weighted by atomic mass is 16.6. The maximum Gasteiger partial charge on any atom is 0.330 e. The molecule has 2 heterocycles. The van der Waals surface area contributed by atoms with E-state index in [9.17, 15) is 29.4 Å². The molecule has 4 atom stereocenters. The molecule has 1 saturated heterocycles. The van der Waals surface area contributed by atoms with E-state index in [1.54, 1.807) is 0 Å². The van der Waals surface area contributed by atoms with Crippen LogP contribution in [0.2, 0.25) is 0 Å². The van der Waals surface area contributed by atoms with E-state index < -0.39 is 54.3 Å². The summed E-state index contributed by atoms with van der Waals surface area (Å²) >= 11 is 0. The molecule has 140 valence electrons. The van der Waals surface area contributed by atoms with Crippen molar-refractivity contribution in [2.24, 2.45) is 0 Å². The SMILES string of the molecule is O=C(O)CCC(=O)O.O=c1ccn([C@@H]2O[C@H](CO)[C@@H](O)[C@H]2O)c(=O)[nH]1. The number of carboxylic acids is 2. The first-order chi connectivity index (χ1) is 11.7. The van der Waals surface area contributed by atoms with Gasteiger partial charge < -0.3 is 30.3 Å². The Bertz CT molecular complexity index is 697. The van der Waals surface area contributed by atoms with Crippen LogP contribution in [0.4, 0.5) is 0 Å². The minimum Gasteiger partial charge on any atom is -0.481 e. The van der Waals surface area contributed by atoms with E-state index in [0.717, 1.165) is 16.8 Å². The number of hydrogen-bond donors (Lipinski definition) is 6. The molecule has 0 saturated carbocycles. The Morgan fingerprint density at radius 1 is 1.12 bits per heavy atom. The third-order valence-electron chi connectivity index (χ3n) is 3.20. The van der Waals surface area contributed by atoms with Gasteiger partial charge in [-0.1, -0.05) is 0 Å². The van der Waals surface area contributed by atoms with Gasteiger partial charge >= 0.3 is 17.6 Å². The van der Waals surface area contributed by atoms with Crippen LogP contribution in [0.15, 0.2) is 21.9 Å². The zero-order valence-corrected chi connectivity index (χ0v) is 12.8. The summed E-state index contributed by atoms with van der Waals surface area (Å²) in [6.07, 6.45) is -4.17. The minimum atomic E-state index is -1.35. The molecule has 1 aliphatic rings. The molecule has 2 rings (SSSR count). The summed E-state index contributed by atoms with van der Waals surface area (Å²) in [5, 5.41) is 43.9. The maximum absolute atomic E-state index is 11.4. The molecule has 0 bridgehead atoms. The van der Waals surface area contributed by atoms with Gasteiger partial charge in [-0.05, 0) is 0 Å². The second-order valence-electron chi connectivity index (χ2n) is 5.03. The quantitative estimate of drug-likeness (QED) is 0.315. The average molecular weight is 362 g/mol. The summed E-state index contributed by atoms with van der Waals surface area (Å²) in [6, 6.07) is 1.09. The predicted octanol–water partition coefficient (Wildman–Crippen LogP) is -2.92. The van der Waals surface area contributed by atoms with Gasteiger partial charge in [0, 0.05) is 12.3 Å². The Morgan fingerprint density at radius 2 is 1.68 bits per heavy atom. The molecule has 0 aliphatic carbocycles. The number of nitrogens with one attached hydrogen (secondary N) is 1. The maximum atomic E-state index is 11.4. The molecule has 1 aliphatic heterocycles. The molecule has 12 nitrogen and oxygen atoms in total. The molecular weight excluding hydrogens is 344 g/mol. The van der Waals surface area contributed by atoms with Gasteiger partial charge in [-0.25, -0.2) is 4.79 Å². The molecule has 0 aromatic carbocycles. The molecule has 1 aromatic rings. The van der Waals surface area contributed by atoms with E-state index in [4.69, 9.17) is 20.1 Å². The van der Waals surface area contributed by atoms with Crippen LogP contribution >= 0.6 is 0 Å². The molecule has 12 heteroatoms. The normalized spacial score (nSPS) is 25.1. The number of aliphatic hydroxyl groups is 3. The Labute approximate surface area is 139 Å². The van der Waals surface area contributed by atoms with Crippen LogP contribution < -0.4 is 11.2 Å². The Kier molecular flexibility index (Phi) is 7.44. The topological polar surface area (TPSA) is 199 Å². The number of rotatable bonds is 5. The Morgan fingerprint density at radius 3 is 2.08 bits per heavy atom. The van der Waals surface area contributed by atoms with Gasteiger partial charge in [0.15, 0.2) is 6.23 Å². The van der Waals surface area contributed by atoms with Gasteiger partial charge in [-0.2, -0.15) is 0 Å². The van der Waals surface area contributed by atoms with Gasteiger partial charge in [0.2, 0.25) is 0 Å². The van der Waals surface area contributed by atoms with Crippen LogP contribution in [-0.2, 0) is 14.3 Å². The van der Waals surface area contributed by atoms with E-state index >= 15 is 0 Å². The summed E-state index contributed by atoms with van der Waals surface area (Å²) in [5.41, 5.74) is -1.33. The summed E-state index contributed by atoms with van der Waals surface area (Å²) in [7, 11) is 0. The van der Waals surface area contributed by atoms with E-state index in [-0.39, 0.29) is 12.8 Å². The molecule has 0 spiro atoms. The fourth-order valence-corrected chi connectivity index (χ4v) is 1.95. The van der Waals surface area contributed by atoms with E-state index in [1.807, 2.05) is 4.98 Å². The zero-order chi connectivity index (χ0) is 19.1. The number of hydrogen-bond acceptors (Lipinski definition) is 8. The van der Waals surface area contributed by atoms with Crippen molar-refractivity contribution in [1.29, 1.82) is 0 Å². The fourth-order valence-electron chi connectivity index (χ4n) is 1.95. The summed E-state index contributed by atoms with van der Waals surface area (Å²) in [6.45, 7) is -0.479. The first-order valence-corrected chi connectivity index (χ1v) is 7.05. The van der Waals surface area contributed by atoms with Gasteiger partial charge in [0.25, 0.3) is 5.56 Å². The van der Waals surface area contributed by atoms with Crippen molar-refractivity contribution in [3.05, 3.63) is 33.1 Å². The van der Waals surface area contributed by atoms with Crippen molar-refractivity contribution in [2.75, 3.05) is 6.61 Å². The number of aliphatic carboxylic acids is 2. The number of carbonyl (C=O) groups is 2. The summed E-state index contributed by atoms with van der Waals surface area (Å²) in [5.74, 6) is -2.15. The number of H-pyrrole nitrogens is 1. The molecule has 0 unspecified atom stereocenters. The average Bonchev–Trinajstić information content (AvgIpc) is 2.81. The Hall–Kier alpha value is -2.54. The van der Waals surface area contributed by atoms with Crippen molar-refractivity contribution < 1.29 is 39.9 Å². The molecule has 6 N–H and O–H groups in total. The van der Waals surface area contributed by atoms with Crippen molar-refractivity contribution in [2.45, 2.75) is 37.4 Å². The van der Waals surface area contributed by atoms with Crippen molar-refractivity contribution in [1.82, 2.24) is 9.55 Å². The summed E-state index contributed by atoms with van der Waals surface area (Å²) in [4.78, 5) is 43.6. The fraction of sp³-hybridized carbons (Fsp3) is 0.538.